The Kier molecular flexibility index (Phi) is 4.71. The second kappa shape index (κ2) is 6.97. The maximum Gasteiger partial charge on any atom is 0.387 e. The lowest BCUT2D eigenvalue weighted by Gasteiger charge is -2.28. The number of rotatable bonds is 5. The molecule has 10 nitrogen and oxygen atoms in total. The van der Waals surface area contributed by atoms with Crippen LogP contribution in [0.1, 0.15) is 18.5 Å². The highest BCUT2D eigenvalue weighted by Crippen LogP contribution is 2.41. The van der Waals surface area contributed by atoms with Crippen LogP contribution in [-0.4, -0.2) is 39.4 Å². The highest BCUT2D eigenvalue weighted by molar-refractivity contribution is 5.92. The minimum Gasteiger partial charge on any atom is -0.466 e. The smallest absolute Gasteiger partial charge is 0.387 e. The van der Waals surface area contributed by atoms with Crippen LogP contribution in [0.25, 0.3) is 0 Å². The number of alkyl halides is 2. The fourth-order valence-electron chi connectivity index (χ4n) is 2.82. The number of hydrogen-bond acceptors (Lipinski definition) is 8. The Morgan fingerprint density at radius 3 is 2.81 bits per heavy atom. The molecule has 0 radical (unpaired) electrons. The van der Waals surface area contributed by atoms with Crippen LogP contribution in [0, 0.1) is 10.1 Å². The number of hydrogen-bond donors (Lipinski definition) is 1. The Labute approximate surface area is 150 Å². The number of nitrogens with zero attached hydrogens (tertiary/aromatic N) is 4. The number of carbonyl (C=O) groups is 1. The molecule has 1 aromatic heterocycles. The summed E-state index contributed by atoms with van der Waals surface area (Å²) in [5.41, 5.74) is -0.0665. The van der Waals surface area contributed by atoms with E-state index < -0.39 is 23.5 Å². The van der Waals surface area contributed by atoms with Crippen LogP contribution >= 0.6 is 0 Å². The Balaban J connectivity index is 2.27. The first-order valence-corrected chi connectivity index (χ1v) is 7.52. The minimum absolute atomic E-state index is 0.0233. The molecule has 12 heteroatoms. The number of carbonyl (C=O) groups excluding carboxylic acids is 1. The largest absolute Gasteiger partial charge is 0.466 e. The van der Waals surface area contributed by atoms with Gasteiger partial charge in [0, 0.05) is 23.4 Å². The number of allylic oxidation sites excluding steroid dienone is 1. The van der Waals surface area contributed by atoms with Crippen molar-refractivity contribution in [3.05, 3.63) is 51.5 Å². The molecule has 1 atom stereocenters. The van der Waals surface area contributed by atoms with E-state index in [-0.39, 0.29) is 28.5 Å². The van der Waals surface area contributed by atoms with E-state index in [1.54, 1.807) is 6.92 Å². The van der Waals surface area contributed by atoms with Gasteiger partial charge >= 0.3 is 12.6 Å². The summed E-state index contributed by atoms with van der Waals surface area (Å²) in [6.45, 7) is -1.61. The molecule has 27 heavy (non-hydrogen) atoms. The third kappa shape index (κ3) is 3.28. The molecule has 1 aromatic carbocycles. The van der Waals surface area contributed by atoms with E-state index >= 15 is 0 Å². The number of methoxy groups -OCH3 is 1. The highest BCUT2D eigenvalue weighted by atomic mass is 19.3. The van der Waals surface area contributed by atoms with Gasteiger partial charge in [0.15, 0.2) is 0 Å². The van der Waals surface area contributed by atoms with E-state index in [0.717, 1.165) is 25.3 Å². The van der Waals surface area contributed by atoms with Crippen molar-refractivity contribution in [3.63, 3.8) is 0 Å². The van der Waals surface area contributed by atoms with Crippen LogP contribution in [0.4, 0.5) is 20.4 Å². The topological polar surface area (TPSA) is 121 Å². The molecule has 0 bridgehead atoms. The fourth-order valence-corrected chi connectivity index (χ4v) is 2.82. The van der Waals surface area contributed by atoms with Gasteiger partial charge in [-0.3, -0.25) is 10.1 Å². The van der Waals surface area contributed by atoms with Crippen LogP contribution in [0.3, 0.4) is 0 Å². The molecule has 1 aliphatic rings. The van der Waals surface area contributed by atoms with E-state index in [1.165, 1.54) is 11.0 Å². The second-order valence-corrected chi connectivity index (χ2v) is 5.44. The molecule has 1 unspecified atom stereocenters. The number of esters is 1. The zero-order chi connectivity index (χ0) is 19.7. The number of aromatic nitrogens is 3. The molecule has 0 saturated heterocycles. The van der Waals surface area contributed by atoms with Crippen LogP contribution in [0.15, 0.2) is 35.8 Å². The third-order valence-electron chi connectivity index (χ3n) is 3.91. The van der Waals surface area contributed by atoms with Crippen molar-refractivity contribution in [3.8, 4) is 5.75 Å². The zero-order valence-corrected chi connectivity index (χ0v) is 14.1. The second-order valence-electron chi connectivity index (χ2n) is 5.44. The van der Waals surface area contributed by atoms with Gasteiger partial charge in [-0.15, -0.1) is 0 Å². The summed E-state index contributed by atoms with van der Waals surface area (Å²) in [6, 6.07) is 2.00. The molecule has 2 heterocycles. The molecule has 3 rings (SSSR count). The summed E-state index contributed by atoms with van der Waals surface area (Å²) >= 11 is 0. The van der Waals surface area contributed by atoms with Gasteiger partial charge in [-0.1, -0.05) is 0 Å². The Hall–Kier alpha value is -3.57. The fraction of sp³-hybridized carbons (Fsp3) is 0.267. The summed E-state index contributed by atoms with van der Waals surface area (Å²) in [6.07, 6.45) is 1.19. The summed E-state index contributed by atoms with van der Waals surface area (Å²) in [5, 5.41) is 18.0. The lowest BCUT2D eigenvalue weighted by atomic mass is 9.94. The molecule has 0 saturated carbocycles. The number of non-ortho nitro benzene ring substituents is 1. The van der Waals surface area contributed by atoms with Crippen molar-refractivity contribution in [2.75, 3.05) is 12.4 Å². The Bertz CT molecular complexity index is 942. The van der Waals surface area contributed by atoms with Crippen molar-refractivity contribution in [2.45, 2.75) is 19.6 Å². The standard InChI is InChI=1S/C15H13F2N5O5/c1-7-11(13(23)26-2)12(21-15(20-7)18-6-19-21)9-5-8(22(24)25)3-4-10(9)27-14(16)17/h3-6,12,14H,1-2H3,(H,18,19,20). The van der Waals surface area contributed by atoms with E-state index in [0.29, 0.717) is 5.70 Å². The van der Waals surface area contributed by atoms with E-state index in [4.69, 9.17) is 4.74 Å². The van der Waals surface area contributed by atoms with Gasteiger partial charge in [-0.2, -0.15) is 18.9 Å². The summed E-state index contributed by atoms with van der Waals surface area (Å²) < 4.78 is 36.2. The molecule has 2 aromatic rings. The lowest BCUT2D eigenvalue weighted by Crippen LogP contribution is -2.29. The van der Waals surface area contributed by atoms with E-state index in [1.807, 2.05) is 0 Å². The maximum atomic E-state index is 12.9. The predicted molar refractivity (Wildman–Crippen MR) is 86.2 cm³/mol. The van der Waals surface area contributed by atoms with Gasteiger partial charge in [-0.05, 0) is 13.0 Å². The third-order valence-corrected chi connectivity index (χ3v) is 3.91. The highest BCUT2D eigenvalue weighted by Gasteiger charge is 2.37. The summed E-state index contributed by atoms with van der Waals surface area (Å²) in [7, 11) is 1.15. The first-order valence-electron chi connectivity index (χ1n) is 7.52. The first-order chi connectivity index (χ1) is 12.8. The van der Waals surface area contributed by atoms with Gasteiger partial charge in [0.25, 0.3) is 5.69 Å². The number of nitro benzene ring substituents is 1. The lowest BCUT2D eigenvalue weighted by molar-refractivity contribution is -0.385. The molecule has 0 fully saturated rings. The number of ether oxygens (including phenoxy) is 2. The molecule has 1 N–H and O–H groups in total. The Morgan fingerprint density at radius 2 is 2.19 bits per heavy atom. The maximum absolute atomic E-state index is 12.9. The minimum atomic E-state index is -3.17. The molecular weight excluding hydrogens is 368 g/mol. The number of halogens is 2. The average Bonchev–Trinajstić information content (AvgIpc) is 3.07. The van der Waals surface area contributed by atoms with Gasteiger partial charge in [0.05, 0.1) is 17.6 Å². The number of nitro groups is 1. The number of fused-ring (bicyclic) bond motifs is 1. The van der Waals surface area contributed by atoms with E-state index in [9.17, 15) is 23.7 Å². The zero-order valence-electron chi connectivity index (χ0n) is 14.1. The van der Waals surface area contributed by atoms with Gasteiger partial charge < -0.3 is 14.8 Å². The van der Waals surface area contributed by atoms with Crippen LogP contribution < -0.4 is 10.1 Å². The molecule has 0 spiro atoms. The predicted octanol–water partition coefficient (Wildman–Crippen LogP) is 2.25. The number of anilines is 1. The van der Waals surface area contributed by atoms with Crippen LogP contribution in [0.2, 0.25) is 0 Å². The molecule has 1 aliphatic heterocycles. The first kappa shape index (κ1) is 18.2. The monoisotopic (exact) mass is 381 g/mol. The van der Waals surface area contributed by atoms with Gasteiger partial charge in [0.1, 0.15) is 18.1 Å². The van der Waals surface area contributed by atoms with Crippen molar-refractivity contribution >= 4 is 17.6 Å². The molecular formula is C15H13F2N5O5. The van der Waals surface area contributed by atoms with Crippen LogP contribution in [0.5, 0.6) is 5.75 Å². The SMILES string of the molecule is COC(=O)C1=C(C)Nc2ncnn2C1c1cc([N+](=O)[O-])ccc1OC(F)F. The van der Waals surface area contributed by atoms with Crippen LogP contribution in [-0.2, 0) is 9.53 Å². The molecule has 142 valence electrons. The van der Waals surface area contributed by atoms with Crippen molar-refractivity contribution in [1.29, 1.82) is 0 Å². The number of benzene rings is 1. The summed E-state index contributed by atoms with van der Waals surface area (Å²) in [4.78, 5) is 26.8. The van der Waals surface area contributed by atoms with Gasteiger partial charge in [-0.25, -0.2) is 9.48 Å². The summed E-state index contributed by atoms with van der Waals surface area (Å²) in [5.74, 6) is -0.876. The normalized spacial score (nSPS) is 16.0. The Morgan fingerprint density at radius 1 is 1.44 bits per heavy atom. The van der Waals surface area contributed by atoms with Crippen molar-refractivity contribution < 1.29 is 28.0 Å². The van der Waals surface area contributed by atoms with E-state index in [2.05, 4.69) is 20.1 Å². The number of nitrogens with one attached hydrogen (secondary N) is 1. The molecule has 0 aliphatic carbocycles. The van der Waals surface area contributed by atoms with Gasteiger partial charge in [0.2, 0.25) is 5.95 Å². The van der Waals surface area contributed by atoms with Crippen molar-refractivity contribution in [1.82, 2.24) is 14.8 Å². The molecule has 0 amide bonds. The quantitative estimate of drug-likeness (QED) is 0.475. The van der Waals surface area contributed by atoms with Crippen molar-refractivity contribution in [2.24, 2.45) is 0 Å². The average molecular weight is 381 g/mol.